The van der Waals surface area contributed by atoms with Crippen LogP contribution in [-0.4, -0.2) is 22.4 Å². The third-order valence-corrected chi connectivity index (χ3v) is 3.46. The average Bonchev–Trinajstić information content (AvgIpc) is 2.89. The molecule has 7 nitrogen and oxygen atoms in total. The molecule has 0 aliphatic heterocycles. The molecule has 0 fully saturated rings. The van der Waals surface area contributed by atoms with Crippen LogP contribution in [0.3, 0.4) is 0 Å². The fourth-order valence-corrected chi connectivity index (χ4v) is 2.40. The fourth-order valence-electron chi connectivity index (χ4n) is 1.60. The minimum absolute atomic E-state index is 0.0835. The molecule has 3 N–H and O–H groups in total. The van der Waals surface area contributed by atoms with Crippen LogP contribution < -0.4 is 11.1 Å². The molecule has 0 aliphatic carbocycles. The van der Waals surface area contributed by atoms with Crippen LogP contribution >= 0.6 is 11.3 Å². The number of nitrogens with zero attached hydrogens (tertiary/aromatic N) is 2. The smallest absolute Gasteiger partial charge is 0.295 e. The number of hydrogen-bond acceptors (Lipinski definition) is 6. The van der Waals surface area contributed by atoms with E-state index in [1.165, 1.54) is 16.7 Å². The van der Waals surface area contributed by atoms with Crippen LogP contribution in [0.1, 0.15) is 15.5 Å². The summed E-state index contributed by atoms with van der Waals surface area (Å²) in [5.41, 5.74) is 4.94. The Morgan fingerprint density at radius 3 is 2.95 bits per heavy atom. The van der Waals surface area contributed by atoms with Crippen molar-refractivity contribution in [2.75, 3.05) is 11.9 Å². The lowest BCUT2D eigenvalue weighted by atomic mass is 10.2. The molecular weight excluding hydrogens is 299 g/mol. The number of rotatable bonds is 5. The third kappa shape index (κ3) is 3.58. The highest BCUT2D eigenvalue weighted by atomic mass is 32.1. The van der Waals surface area contributed by atoms with Gasteiger partial charge in [-0.05, 0) is 18.7 Å². The fraction of sp³-hybridized carbons (Fsp3) is 0.167. The number of nitro groups is 1. The number of carbonyl (C=O) groups is 1. The van der Waals surface area contributed by atoms with Gasteiger partial charge in [-0.15, -0.1) is 11.3 Å². The van der Waals surface area contributed by atoms with Crippen LogP contribution in [0.4, 0.5) is 15.8 Å². The van der Waals surface area contributed by atoms with Crippen molar-refractivity contribution in [1.82, 2.24) is 4.98 Å². The first-order valence-electron chi connectivity index (χ1n) is 5.91. The zero-order valence-corrected chi connectivity index (χ0v) is 11.5. The van der Waals surface area contributed by atoms with Crippen molar-refractivity contribution in [2.24, 2.45) is 5.73 Å². The Morgan fingerprint density at radius 2 is 2.29 bits per heavy atom. The Hall–Kier alpha value is -2.39. The summed E-state index contributed by atoms with van der Waals surface area (Å²) < 4.78 is 13.0. The van der Waals surface area contributed by atoms with Crippen LogP contribution in [-0.2, 0) is 6.42 Å². The van der Waals surface area contributed by atoms with Gasteiger partial charge in [0.05, 0.1) is 16.0 Å². The van der Waals surface area contributed by atoms with Crippen LogP contribution in [0.25, 0.3) is 0 Å². The number of carbonyl (C=O) groups excluding carboxylic acids is 1. The molecule has 2 aromatic rings. The number of halogens is 1. The zero-order valence-electron chi connectivity index (χ0n) is 10.7. The van der Waals surface area contributed by atoms with Crippen LogP contribution in [0.5, 0.6) is 0 Å². The molecule has 21 heavy (non-hydrogen) atoms. The molecule has 1 aromatic heterocycles. The monoisotopic (exact) mass is 310 g/mol. The zero-order chi connectivity index (χ0) is 15.4. The third-order valence-electron chi connectivity index (χ3n) is 2.55. The van der Waals surface area contributed by atoms with E-state index in [2.05, 4.69) is 10.3 Å². The second-order valence-corrected chi connectivity index (χ2v) is 4.98. The van der Waals surface area contributed by atoms with Crippen LogP contribution in [0.15, 0.2) is 23.6 Å². The molecule has 1 amide bonds. The molecule has 9 heteroatoms. The predicted octanol–water partition coefficient (Wildman–Crippen LogP) is 1.94. The highest BCUT2D eigenvalue weighted by Crippen LogP contribution is 2.25. The SMILES string of the molecule is NCCc1nc(C(=O)Nc2ccc(F)cc2[N+](=O)[O-])cs1. The molecule has 0 unspecified atom stereocenters. The second-order valence-electron chi connectivity index (χ2n) is 4.04. The van der Waals surface area contributed by atoms with Crippen LogP contribution in [0.2, 0.25) is 0 Å². The molecule has 0 atom stereocenters. The number of amides is 1. The Balaban J connectivity index is 2.20. The van der Waals surface area contributed by atoms with Crippen molar-refractivity contribution in [3.8, 4) is 0 Å². The Bertz CT molecular complexity index is 689. The van der Waals surface area contributed by atoms with Crippen molar-refractivity contribution >= 4 is 28.6 Å². The van der Waals surface area contributed by atoms with Gasteiger partial charge >= 0.3 is 0 Å². The highest BCUT2D eigenvalue weighted by molar-refractivity contribution is 7.09. The van der Waals surface area contributed by atoms with Gasteiger partial charge in [0.1, 0.15) is 17.2 Å². The standard InChI is InChI=1S/C12H11FN4O3S/c13-7-1-2-8(10(5-7)17(19)20)16-12(18)9-6-21-11(15-9)3-4-14/h1-2,5-6H,3-4,14H2,(H,16,18). The number of nitrogens with one attached hydrogen (secondary N) is 1. The lowest BCUT2D eigenvalue weighted by Crippen LogP contribution is -2.14. The van der Waals surface area contributed by atoms with E-state index in [0.29, 0.717) is 18.0 Å². The van der Waals surface area contributed by atoms with Gasteiger partial charge in [0, 0.05) is 11.8 Å². The highest BCUT2D eigenvalue weighted by Gasteiger charge is 2.19. The molecule has 0 radical (unpaired) electrons. The Kier molecular flexibility index (Phi) is 4.55. The van der Waals surface area contributed by atoms with E-state index in [1.54, 1.807) is 0 Å². The van der Waals surface area contributed by atoms with Crippen LogP contribution in [0, 0.1) is 15.9 Å². The number of nitro benzene ring substituents is 1. The maximum absolute atomic E-state index is 13.0. The maximum Gasteiger partial charge on any atom is 0.295 e. The molecule has 1 aromatic carbocycles. The summed E-state index contributed by atoms with van der Waals surface area (Å²) >= 11 is 1.28. The topological polar surface area (TPSA) is 111 Å². The maximum atomic E-state index is 13.0. The molecule has 0 saturated carbocycles. The van der Waals surface area contributed by atoms with E-state index in [1.807, 2.05) is 0 Å². The van der Waals surface area contributed by atoms with Gasteiger partial charge < -0.3 is 11.1 Å². The quantitative estimate of drug-likeness (QED) is 0.647. The first-order valence-corrected chi connectivity index (χ1v) is 6.79. The summed E-state index contributed by atoms with van der Waals surface area (Å²) in [6.45, 7) is 0.415. The normalized spacial score (nSPS) is 10.4. The van der Waals surface area contributed by atoms with Crippen molar-refractivity contribution in [3.05, 3.63) is 50.2 Å². The lowest BCUT2D eigenvalue weighted by molar-refractivity contribution is -0.384. The first kappa shape index (κ1) is 15.0. The minimum atomic E-state index is -0.764. The molecule has 110 valence electrons. The number of hydrogen-bond donors (Lipinski definition) is 2. The number of anilines is 1. The Morgan fingerprint density at radius 1 is 1.52 bits per heavy atom. The van der Waals surface area contributed by atoms with Gasteiger partial charge in [-0.25, -0.2) is 9.37 Å². The van der Waals surface area contributed by atoms with Gasteiger partial charge in [0.25, 0.3) is 11.6 Å². The van der Waals surface area contributed by atoms with Crippen molar-refractivity contribution in [1.29, 1.82) is 0 Å². The summed E-state index contributed by atoms with van der Waals surface area (Å²) in [5, 5.41) is 15.4. The molecule has 0 spiro atoms. The van der Waals surface area contributed by atoms with Crippen molar-refractivity contribution in [2.45, 2.75) is 6.42 Å². The summed E-state index contributed by atoms with van der Waals surface area (Å²) in [6, 6.07) is 2.92. The largest absolute Gasteiger partial charge is 0.330 e. The number of nitrogens with two attached hydrogens (primary N) is 1. The molecule has 0 saturated heterocycles. The van der Waals surface area contributed by atoms with Gasteiger partial charge in [0.2, 0.25) is 0 Å². The Labute approximate surface area is 122 Å². The number of benzene rings is 1. The molecule has 0 aliphatic rings. The predicted molar refractivity (Wildman–Crippen MR) is 75.9 cm³/mol. The molecular formula is C12H11FN4O3S. The summed E-state index contributed by atoms with van der Waals surface area (Å²) in [4.78, 5) is 26.1. The number of aromatic nitrogens is 1. The van der Waals surface area contributed by atoms with Gasteiger partial charge in [0.15, 0.2) is 0 Å². The van der Waals surface area contributed by atoms with Gasteiger partial charge in [-0.1, -0.05) is 0 Å². The lowest BCUT2D eigenvalue weighted by Gasteiger charge is -2.04. The minimum Gasteiger partial charge on any atom is -0.330 e. The van der Waals surface area contributed by atoms with E-state index in [0.717, 1.165) is 18.2 Å². The molecule has 1 heterocycles. The van der Waals surface area contributed by atoms with E-state index in [4.69, 9.17) is 5.73 Å². The summed E-state index contributed by atoms with van der Waals surface area (Å²) in [6.07, 6.45) is 0.550. The molecule has 2 rings (SSSR count). The molecule has 0 bridgehead atoms. The van der Waals surface area contributed by atoms with E-state index < -0.39 is 22.3 Å². The second kappa shape index (κ2) is 6.37. The van der Waals surface area contributed by atoms with E-state index in [-0.39, 0.29) is 11.4 Å². The average molecular weight is 310 g/mol. The van der Waals surface area contributed by atoms with Gasteiger partial charge in [-0.3, -0.25) is 14.9 Å². The van der Waals surface area contributed by atoms with E-state index >= 15 is 0 Å². The first-order chi connectivity index (χ1) is 10.0. The summed E-state index contributed by atoms with van der Waals surface area (Å²) in [7, 11) is 0. The van der Waals surface area contributed by atoms with E-state index in [9.17, 15) is 19.3 Å². The van der Waals surface area contributed by atoms with Gasteiger partial charge in [-0.2, -0.15) is 0 Å². The number of thiazole rings is 1. The van der Waals surface area contributed by atoms with Crippen molar-refractivity contribution in [3.63, 3.8) is 0 Å². The van der Waals surface area contributed by atoms with Crippen molar-refractivity contribution < 1.29 is 14.1 Å². The summed E-state index contributed by atoms with van der Waals surface area (Å²) in [5.74, 6) is -1.34.